The summed E-state index contributed by atoms with van der Waals surface area (Å²) in [6, 6.07) is 19.7. The highest BCUT2D eigenvalue weighted by molar-refractivity contribution is 5.94. The van der Waals surface area contributed by atoms with Gasteiger partial charge in [0.2, 0.25) is 35.4 Å². The van der Waals surface area contributed by atoms with Gasteiger partial charge in [0.1, 0.15) is 30.2 Å². The number of amides is 6. The lowest BCUT2D eigenvalue weighted by molar-refractivity contribution is -0.142. The van der Waals surface area contributed by atoms with E-state index in [2.05, 4.69) is 26.6 Å². The van der Waals surface area contributed by atoms with Crippen molar-refractivity contribution < 1.29 is 43.8 Å². The zero-order valence-electron chi connectivity index (χ0n) is 40.8. The van der Waals surface area contributed by atoms with Crippen LogP contribution in [0.15, 0.2) is 84.9 Å². The van der Waals surface area contributed by atoms with Crippen LogP contribution in [-0.4, -0.2) is 87.9 Å². The first-order chi connectivity index (χ1) is 33.0. The van der Waals surface area contributed by atoms with Crippen LogP contribution in [0.4, 0.5) is 5.69 Å². The summed E-state index contributed by atoms with van der Waals surface area (Å²) in [5, 5.41) is 33.7. The van der Waals surface area contributed by atoms with E-state index in [1.54, 1.807) is 48.5 Å². The molecule has 6 amide bonds. The van der Waals surface area contributed by atoms with Crippen LogP contribution in [0.25, 0.3) is 0 Å². The lowest BCUT2D eigenvalue weighted by Gasteiger charge is -2.26. The van der Waals surface area contributed by atoms with Crippen LogP contribution in [0.2, 0.25) is 0 Å². The first kappa shape index (κ1) is 57.0. The quantitative estimate of drug-likeness (QED) is 0.0280. The van der Waals surface area contributed by atoms with E-state index in [4.69, 9.17) is 11.5 Å². The molecule has 6 atom stereocenters. The summed E-state index contributed by atoms with van der Waals surface area (Å²) >= 11 is 0. The first-order valence-electron chi connectivity index (χ1n) is 24.6. The van der Waals surface area contributed by atoms with Crippen LogP contribution in [0.1, 0.15) is 134 Å². The third kappa shape index (κ3) is 23.5. The van der Waals surface area contributed by atoms with Crippen molar-refractivity contribution in [2.45, 2.75) is 173 Å². The Morgan fingerprint density at radius 2 is 0.870 bits per heavy atom. The third-order valence-electron chi connectivity index (χ3n) is 11.9. The normalized spacial score (nSPS) is 13.8. The molecular formula is C53H77N7O9. The molecule has 0 saturated heterocycles. The van der Waals surface area contributed by atoms with Crippen LogP contribution < -0.4 is 38.1 Å². The second-order valence-electron chi connectivity index (χ2n) is 18.5. The molecule has 69 heavy (non-hydrogen) atoms. The number of rotatable bonds is 34. The number of aliphatic hydroxyl groups excluding tert-OH is 1. The molecule has 0 spiro atoms. The topological polar surface area (TPSA) is 272 Å². The maximum Gasteiger partial charge on any atom is 0.326 e. The number of benzene rings is 3. The highest BCUT2D eigenvalue weighted by Crippen LogP contribution is 2.15. The standard InChI is InChI=1S/C53H77N7O9/c1-36(2)32-43(50(65)57-42(49(55)64)33-38-22-16-14-17-23-38)58-52(67)48(37(3)61)60-47(63)27-21-13-11-9-7-5-4-6-8-10-12-20-26-46(62)56-44(34-40-28-30-41(54)31-29-40)51(66)59-45(53(68)69)35-39-24-18-15-19-25-39/h14-19,22-25,28-31,36-37,42-45,48,61H,4-13,20-21,26-27,32-35,54H2,1-3H3,(H2,55,64)(H,56,62)(H,57,65)(H,58,67)(H,59,66)(H,60,63)(H,68,69)/t37-,42+,43+,44+,45+,48+/m1/s1. The van der Waals surface area contributed by atoms with Crippen molar-refractivity contribution in [3.63, 3.8) is 0 Å². The number of carbonyl (C=O) groups excluding carboxylic acids is 6. The van der Waals surface area contributed by atoms with Gasteiger partial charge in [0, 0.05) is 37.8 Å². The third-order valence-corrected chi connectivity index (χ3v) is 11.9. The van der Waals surface area contributed by atoms with Crippen molar-refractivity contribution in [1.29, 1.82) is 0 Å². The molecule has 0 radical (unpaired) electrons. The molecule has 16 heteroatoms. The van der Waals surface area contributed by atoms with Crippen LogP contribution in [-0.2, 0) is 52.8 Å². The summed E-state index contributed by atoms with van der Waals surface area (Å²) in [7, 11) is 0. The molecule has 11 N–H and O–H groups in total. The molecule has 0 aliphatic carbocycles. The van der Waals surface area contributed by atoms with Crippen LogP contribution in [0.5, 0.6) is 0 Å². The fourth-order valence-corrected chi connectivity index (χ4v) is 7.99. The van der Waals surface area contributed by atoms with E-state index in [1.807, 2.05) is 50.2 Å². The van der Waals surface area contributed by atoms with Crippen molar-refractivity contribution in [2.75, 3.05) is 5.73 Å². The van der Waals surface area contributed by atoms with Crippen LogP contribution >= 0.6 is 0 Å². The number of carboxylic acids is 1. The van der Waals surface area contributed by atoms with E-state index < -0.39 is 65.9 Å². The van der Waals surface area contributed by atoms with E-state index in [0.717, 1.165) is 80.9 Å². The summed E-state index contributed by atoms with van der Waals surface area (Å²) in [6.45, 7) is 5.17. The van der Waals surface area contributed by atoms with Gasteiger partial charge in [0.25, 0.3) is 0 Å². The molecule has 0 heterocycles. The Hall–Kier alpha value is -6.29. The molecule has 3 rings (SSSR count). The van der Waals surface area contributed by atoms with Gasteiger partial charge in [-0.2, -0.15) is 0 Å². The Morgan fingerprint density at radius 1 is 0.478 bits per heavy atom. The maximum absolute atomic E-state index is 13.4. The van der Waals surface area contributed by atoms with Gasteiger partial charge in [-0.3, -0.25) is 28.8 Å². The Labute approximate surface area is 407 Å². The number of hydrogen-bond donors (Lipinski definition) is 9. The SMILES string of the molecule is CC(C)C[C@H](NC(=O)[C@@H](NC(=O)CCCCCCCCCCCCCCC(=O)N[C@@H](Cc1ccc(N)cc1)C(=O)N[C@@H](Cc1ccccc1)C(=O)O)[C@@H](C)O)C(=O)N[C@@H](Cc1ccccc1)C(N)=O. The average Bonchev–Trinajstić information content (AvgIpc) is 3.30. The molecule has 0 aliphatic rings. The van der Waals surface area contributed by atoms with Crippen molar-refractivity contribution in [3.05, 3.63) is 102 Å². The molecular weight excluding hydrogens is 879 g/mol. The van der Waals surface area contributed by atoms with E-state index in [1.165, 1.54) is 6.92 Å². The van der Waals surface area contributed by atoms with E-state index >= 15 is 0 Å². The number of unbranched alkanes of at least 4 members (excludes halogenated alkanes) is 11. The van der Waals surface area contributed by atoms with Gasteiger partial charge in [0.15, 0.2) is 0 Å². The number of aliphatic carboxylic acids is 1. The molecule has 0 aliphatic heterocycles. The summed E-state index contributed by atoms with van der Waals surface area (Å²) in [6.07, 6.45) is 11.4. The van der Waals surface area contributed by atoms with Gasteiger partial charge in [-0.05, 0) is 60.9 Å². The van der Waals surface area contributed by atoms with Gasteiger partial charge < -0.3 is 48.3 Å². The van der Waals surface area contributed by atoms with Gasteiger partial charge >= 0.3 is 5.97 Å². The molecule has 16 nitrogen and oxygen atoms in total. The molecule has 0 unspecified atom stereocenters. The average molecular weight is 956 g/mol. The minimum Gasteiger partial charge on any atom is -0.480 e. The highest BCUT2D eigenvalue weighted by atomic mass is 16.4. The number of carbonyl (C=O) groups is 7. The molecule has 0 saturated carbocycles. The number of primary amides is 1. The van der Waals surface area contributed by atoms with Crippen LogP contribution in [0, 0.1) is 5.92 Å². The summed E-state index contributed by atoms with van der Waals surface area (Å²) in [5.74, 6) is -4.35. The van der Waals surface area contributed by atoms with Gasteiger partial charge in [-0.25, -0.2) is 4.79 Å². The first-order valence-corrected chi connectivity index (χ1v) is 24.6. The number of nitrogens with one attached hydrogen (secondary N) is 5. The minimum atomic E-state index is -1.27. The Kier molecular flexibility index (Phi) is 26.2. The number of hydrogen-bond acceptors (Lipinski definition) is 9. The molecule has 0 aromatic heterocycles. The molecule has 378 valence electrons. The second-order valence-corrected chi connectivity index (χ2v) is 18.5. The largest absolute Gasteiger partial charge is 0.480 e. The monoisotopic (exact) mass is 956 g/mol. The summed E-state index contributed by atoms with van der Waals surface area (Å²) in [5.41, 5.74) is 14.4. The van der Waals surface area contributed by atoms with Gasteiger partial charge in [-0.1, -0.05) is 151 Å². The zero-order chi connectivity index (χ0) is 50.6. The Balaban J connectivity index is 1.29. The van der Waals surface area contributed by atoms with E-state index in [0.29, 0.717) is 18.5 Å². The molecule has 3 aromatic carbocycles. The second kappa shape index (κ2) is 31.7. The predicted octanol–water partition coefficient (Wildman–Crippen LogP) is 5.18. The van der Waals surface area contributed by atoms with Crippen molar-refractivity contribution >= 4 is 47.1 Å². The van der Waals surface area contributed by atoms with Gasteiger partial charge in [0.05, 0.1) is 6.10 Å². The van der Waals surface area contributed by atoms with Crippen molar-refractivity contribution in [3.8, 4) is 0 Å². The molecule has 0 fully saturated rings. The Morgan fingerprint density at radius 3 is 1.32 bits per heavy atom. The highest BCUT2D eigenvalue weighted by Gasteiger charge is 2.32. The van der Waals surface area contributed by atoms with Crippen molar-refractivity contribution in [2.24, 2.45) is 11.7 Å². The maximum atomic E-state index is 13.4. The lowest BCUT2D eigenvalue weighted by atomic mass is 10.0. The fourth-order valence-electron chi connectivity index (χ4n) is 7.99. The predicted molar refractivity (Wildman–Crippen MR) is 267 cm³/mol. The molecule has 0 bridgehead atoms. The number of aliphatic hydroxyl groups is 1. The number of carboxylic acid groups (broad SMARTS) is 1. The Bertz CT molecular complexity index is 2030. The number of nitrogens with two attached hydrogens (primary N) is 2. The zero-order valence-corrected chi connectivity index (χ0v) is 40.8. The smallest absolute Gasteiger partial charge is 0.326 e. The van der Waals surface area contributed by atoms with E-state index in [-0.39, 0.29) is 56.3 Å². The number of anilines is 1. The lowest BCUT2D eigenvalue weighted by Crippen LogP contribution is -2.59. The summed E-state index contributed by atoms with van der Waals surface area (Å²) in [4.78, 5) is 90.2. The van der Waals surface area contributed by atoms with E-state index in [9.17, 15) is 43.8 Å². The minimum absolute atomic E-state index is 0.000148. The summed E-state index contributed by atoms with van der Waals surface area (Å²) < 4.78 is 0. The fraction of sp³-hybridized carbons (Fsp3) is 0.528. The van der Waals surface area contributed by atoms with Gasteiger partial charge in [-0.15, -0.1) is 0 Å². The molecule has 3 aromatic rings. The number of nitrogen functional groups attached to an aromatic ring is 1. The van der Waals surface area contributed by atoms with Crippen molar-refractivity contribution in [1.82, 2.24) is 26.6 Å². The van der Waals surface area contributed by atoms with Crippen LogP contribution in [0.3, 0.4) is 0 Å².